The Hall–Kier alpha value is -2.82. The number of Topliss-reactive ketones (excluding diaryl/α,β-unsaturated/α-hetero) is 1. The number of ether oxygens (including phenoxy) is 3. The van der Waals surface area contributed by atoms with Crippen LogP contribution in [0.15, 0.2) is 42.5 Å². The van der Waals surface area contributed by atoms with Gasteiger partial charge in [-0.3, -0.25) is 9.59 Å². The zero-order valence-electron chi connectivity index (χ0n) is 15.2. The molecular formula is C21H22O5. The highest BCUT2D eigenvalue weighted by Crippen LogP contribution is 2.47. The molecular weight excluding hydrogens is 332 g/mol. The fourth-order valence-electron chi connectivity index (χ4n) is 3.64. The molecule has 1 aliphatic carbocycles. The van der Waals surface area contributed by atoms with Crippen molar-refractivity contribution in [3.63, 3.8) is 0 Å². The lowest BCUT2D eigenvalue weighted by Gasteiger charge is -2.37. The molecule has 2 aromatic carbocycles. The van der Waals surface area contributed by atoms with E-state index < -0.39 is 5.41 Å². The number of hydrogen-bond donors (Lipinski definition) is 0. The summed E-state index contributed by atoms with van der Waals surface area (Å²) >= 11 is 0. The molecule has 26 heavy (non-hydrogen) atoms. The predicted molar refractivity (Wildman–Crippen MR) is 97.0 cm³/mol. The Bertz CT molecular complexity index is 828. The molecule has 0 heterocycles. The first-order chi connectivity index (χ1) is 12.6. The SMILES string of the molecule is CCOC(=O)C1(c2ccccc2)CCC(=O)c2cc(OC)c(OC)cc21. The van der Waals surface area contributed by atoms with E-state index in [4.69, 9.17) is 14.2 Å². The van der Waals surface area contributed by atoms with Gasteiger partial charge in [0.15, 0.2) is 17.3 Å². The number of carbonyl (C=O) groups excluding carboxylic acids is 2. The first-order valence-corrected chi connectivity index (χ1v) is 8.61. The van der Waals surface area contributed by atoms with E-state index in [0.717, 1.165) is 5.56 Å². The first kappa shape index (κ1) is 18.0. The van der Waals surface area contributed by atoms with Crippen LogP contribution in [0.5, 0.6) is 11.5 Å². The van der Waals surface area contributed by atoms with Crippen LogP contribution in [0.3, 0.4) is 0 Å². The van der Waals surface area contributed by atoms with Gasteiger partial charge in [0.05, 0.1) is 20.8 Å². The summed E-state index contributed by atoms with van der Waals surface area (Å²) in [4.78, 5) is 25.7. The van der Waals surface area contributed by atoms with Gasteiger partial charge < -0.3 is 14.2 Å². The average Bonchev–Trinajstić information content (AvgIpc) is 2.68. The quantitative estimate of drug-likeness (QED) is 0.769. The maximum Gasteiger partial charge on any atom is 0.321 e. The highest BCUT2D eigenvalue weighted by atomic mass is 16.5. The normalized spacial score (nSPS) is 18.8. The number of rotatable bonds is 5. The maximum absolute atomic E-state index is 13.1. The van der Waals surface area contributed by atoms with Crippen molar-refractivity contribution in [2.75, 3.05) is 20.8 Å². The summed E-state index contributed by atoms with van der Waals surface area (Å²) in [6.45, 7) is 2.05. The van der Waals surface area contributed by atoms with Crippen molar-refractivity contribution in [1.82, 2.24) is 0 Å². The molecule has 136 valence electrons. The van der Waals surface area contributed by atoms with Crippen LogP contribution >= 0.6 is 0 Å². The lowest BCUT2D eigenvalue weighted by molar-refractivity contribution is -0.148. The molecule has 1 atom stereocenters. The zero-order chi connectivity index (χ0) is 18.7. The molecule has 0 saturated carbocycles. The summed E-state index contributed by atoms with van der Waals surface area (Å²) < 4.78 is 16.2. The van der Waals surface area contributed by atoms with Crippen LogP contribution in [0.1, 0.15) is 41.3 Å². The minimum atomic E-state index is -1.04. The van der Waals surface area contributed by atoms with Crippen LogP contribution in [-0.2, 0) is 14.9 Å². The van der Waals surface area contributed by atoms with Gasteiger partial charge in [-0.2, -0.15) is 0 Å². The smallest absolute Gasteiger partial charge is 0.321 e. The molecule has 1 aliphatic rings. The Balaban J connectivity index is 2.33. The van der Waals surface area contributed by atoms with Crippen molar-refractivity contribution in [2.24, 2.45) is 0 Å². The van der Waals surface area contributed by atoms with Crippen molar-refractivity contribution in [1.29, 1.82) is 0 Å². The molecule has 3 rings (SSSR count). The minimum absolute atomic E-state index is 0.0168. The fraction of sp³-hybridized carbons (Fsp3) is 0.333. The van der Waals surface area contributed by atoms with E-state index in [-0.39, 0.29) is 24.8 Å². The molecule has 0 spiro atoms. The summed E-state index contributed by atoms with van der Waals surface area (Å²) in [6.07, 6.45) is 0.618. The highest BCUT2D eigenvalue weighted by molar-refractivity contribution is 6.04. The van der Waals surface area contributed by atoms with Gasteiger partial charge in [0, 0.05) is 12.0 Å². The van der Waals surface area contributed by atoms with Gasteiger partial charge in [-0.1, -0.05) is 30.3 Å². The average molecular weight is 354 g/mol. The number of esters is 1. The summed E-state index contributed by atoms with van der Waals surface area (Å²) in [5.74, 6) is 0.571. The third-order valence-electron chi connectivity index (χ3n) is 4.90. The summed E-state index contributed by atoms with van der Waals surface area (Å²) in [6, 6.07) is 12.8. The van der Waals surface area contributed by atoms with Crippen molar-refractivity contribution >= 4 is 11.8 Å². The number of fused-ring (bicyclic) bond motifs is 1. The maximum atomic E-state index is 13.1. The Morgan fingerprint density at radius 2 is 1.73 bits per heavy atom. The molecule has 0 radical (unpaired) electrons. The van der Waals surface area contributed by atoms with E-state index in [1.165, 1.54) is 14.2 Å². The van der Waals surface area contributed by atoms with Gasteiger partial charge in [-0.25, -0.2) is 0 Å². The Labute approximate surface area is 152 Å². The summed E-state index contributed by atoms with van der Waals surface area (Å²) in [7, 11) is 3.05. The molecule has 0 fully saturated rings. The predicted octanol–water partition coefficient (Wildman–Crippen LogP) is 3.53. The molecule has 0 aromatic heterocycles. The Kier molecular flexibility index (Phi) is 4.98. The van der Waals surface area contributed by atoms with E-state index in [2.05, 4.69) is 0 Å². The molecule has 5 heteroatoms. The van der Waals surface area contributed by atoms with Crippen molar-refractivity contribution < 1.29 is 23.8 Å². The third kappa shape index (κ3) is 2.73. The number of hydrogen-bond acceptors (Lipinski definition) is 5. The summed E-state index contributed by atoms with van der Waals surface area (Å²) in [5, 5.41) is 0. The van der Waals surface area contributed by atoms with Crippen molar-refractivity contribution in [2.45, 2.75) is 25.2 Å². The van der Waals surface area contributed by atoms with Gasteiger partial charge >= 0.3 is 5.97 Å². The van der Waals surface area contributed by atoms with Gasteiger partial charge in [0.1, 0.15) is 5.41 Å². The standard InChI is InChI=1S/C21H22O5/c1-4-26-20(23)21(14-8-6-5-7-9-14)11-10-17(22)15-12-18(24-2)19(25-3)13-16(15)21/h5-9,12-13H,4,10-11H2,1-3H3. The number of methoxy groups -OCH3 is 2. The topological polar surface area (TPSA) is 61.8 Å². The number of benzene rings is 2. The first-order valence-electron chi connectivity index (χ1n) is 8.61. The fourth-order valence-corrected chi connectivity index (χ4v) is 3.64. The number of carbonyl (C=O) groups is 2. The lowest BCUT2D eigenvalue weighted by atomic mass is 9.65. The van der Waals surface area contributed by atoms with Gasteiger partial charge in [-0.05, 0) is 36.6 Å². The molecule has 0 N–H and O–H groups in total. The van der Waals surface area contributed by atoms with E-state index in [0.29, 0.717) is 29.0 Å². The second-order valence-electron chi connectivity index (χ2n) is 6.17. The third-order valence-corrected chi connectivity index (χ3v) is 4.90. The van der Waals surface area contributed by atoms with Crippen LogP contribution in [0.4, 0.5) is 0 Å². The minimum Gasteiger partial charge on any atom is -0.493 e. The lowest BCUT2D eigenvalue weighted by Crippen LogP contribution is -2.43. The summed E-state index contributed by atoms with van der Waals surface area (Å²) in [5.41, 5.74) is 0.848. The highest BCUT2D eigenvalue weighted by Gasteiger charge is 2.48. The van der Waals surface area contributed by atoms with Crippen molar-refractivity contribution in [3.05, 3.63) is 59.2 Å². The van der Waals surface area contributed by atoms with Gasteiger partial charge in [0.2, 0.25) is 0 Å². The van der Waals surface area contributed by atoms with Crippen LogP contribution < -0.4 is 9.47 Å². The van der Waals surface area contributed by atoms with E-state index in [1.54, 1.807) is 19.1 Å². The Morgan fingerprint density at radius 1 is 1.08 bits per heavy atom. The molecule has 2 aromatic rings. The van der Waals surface area contributed by atoms with Gasteiger partial charge in [0.25, 0.3) is 0 Å². The largest absolute Gasteiger partial charge is 0.493 e. The molecule has 0 saturated heterocycles. The van der Waals surface area contributed by atoms with Crippen LogP contribution in [0, 0.1) is 0 Å². The van der Waals surface area contributed by atoms with Crippen molar-refractivity contribution in [3.8, 4) is 11.5 Å². The zero-order valence-corrected chi connectivity index (χ0v) is 15.2. The monoisotopic (exact) mass is 354 g/mol. The molecule has 1 unspecified atom stereocenters. The Morgan fingerprint density at radius 3 is 2.35 bits per heavy atom. The van der Waals surface area contributed by atoms with E-state index in [1.807, 2.05) is 30.3 Å². The van der Waals surface area contributed by atoms with E-state index in [9.17, 15) is 9.59 Å². The second-order valence-corrected chi connectivity index (χ2v) is 6.17. The second kappa shape index (κ2) is 7.20. The van der Waals surface area contributed by atoms with Gasteiger partial charge in [-0.15, -0.1) is 0 Å². The van der Waals surface area contributed by atoms with Crippen LogP contribution in [0.25, 0.3) is 0 Å². The molecule has 0 bridgehead atoms. The molecule has 0 amide bonds. The van der Waals surface area contributed by atoms with Crippen LogP contribution in [-0.4, -0.2) is 32.6 Å². The molecule has 5 nitrogen and oxygen atoms in total. The number of ketones is 1. The molecule has 0 aliphatic heterocycles. The van der Waals surface area contributed by atoms with Crippen LogP contribution in [0.2, 0.25) is 0 Å². The van der Waals surface area contributed by atoms with E-state index >= 15 is 0 Å².